The van der Waals surface area contributed by atoms with Crippen molar-refractivity contribution in [3.63, 3.8) is 0 Å². The molecule has 4 nitrogen and oxygen atoms in total. The van der Waals surface area contributed by atoms with Crippen LogP contribution in [0.5, 0.6) is 11.5 Å². The number of hydrogen-bond donors (Lipinski definition) is 1. The molecule has 0 saturated carbocycles. The van der Waals surface area contributed by atoms with Crippen molar-refractivity contribution in [2.45, 2.75) is 6.04 Å². The van der Waals surface area contributed by atoms with E-state index in [-0.39, 0.29) is 6.04 Å². The third kappa shape index (κ3) is 2.69. The Hall–Kier alpha value is -2.07. The summed E-state index contributed by atoms with van der Waals surface area (Å²) in [6.45, 7) is 0. The van der Waals surface area contributed by atoms with Gasteiger partial charge in [0.1, 0.15) is 11.5 Å². The molecule has 100 valence electrons. The molecule has 0 fully saturated rings. The summed E-state index contributed by atoms with van der Waals surface area (Å²) in [6, 6.07) is 11.5. The summed E-state index contributed by atoms with van der Waals surface area (Å²) in [5, 5.41) is 3.26. The van der Waals surface area contributed by atoms with Crippen LogP contribution in [-0.4, -0.2) is 26.3 Å². The standard InChI is InChI=1S/C15H18N2O2/c1-16-15(11-7-4-5-10-17-11)14-12(18-2)8-6-9-13(14)19-3/h4-10,15-16H,1-3H3. The monoisotopic (exact) mass is 258 g/mol. The minimum Gasteiger partial charge on any atom is -0.496 e. The van der Waals surface area contributed by atoms with Crippen molar-refractivity contribution in [2.24, 2.45) is 0 Å². The quantitative estimate of drug-likeness (QED) is 0.894. The average molecular weight is 258 g/mol. The van der Waals surface area contributed by atoms with E-state index in [1.807, 2.05) is 43.4 Å². The zero-order valence-electron chi connectivity index (χ0n) is 11.4. The van der Waals surface area contributed by atoms with Crippen molar-refractivity contribution >= 4 is 0 Å². The second kappa shape index (κ2) is 6.20. The van der Waals surface area contributed by atoms with Crippen LogP contribution in [0.3, 0.4) is 0 Å². The van der Waals surface area contributed by atoms with Gasteiger partial charge in [0, 0.05) is 6.20 Å². The van der Waals surface area contributed by atoms with Crippen LogP contribution in [0.25, 0.3) is 0 Å². The van der Waals surface area contributed by atoms with Gasteiger partial charge in [0.25, 0.3) is 0 Å². The Labute approximate surface area is 113 Å². The van der Waals surface area contributed by atoms with Gasteiger partial charge in [-0.2, -0.15) is 0 Å². The van der Waals surface area contributed by atoms with E-state index in [1.165, 1.54) is 0 Å². The molecule has 2 aromatic rings. The zero-order chi connectivity index (χ0) is 13.7. The maximum absolute atomic E-state index is 5.44. The fourth-order valence-corrected chi connectivity index (χ4v) is 2.15. The average Bonchev–Trinajstić information content (AvgIpc) is 2.49. The number of hydrogen-bond acceptors (Lipinski definition) is 4. The van der Waals surface area contributed by atoms with Crippen molar-refractivity contribution in [1.82, 2.24) is 10.3 Å². The van der Waals surface area contributed by atoms with Crippen LogP contribution < -0.4 is 14.8 Å². The highest BCUT2D eigenvalue weighted by Crippen LogP contribution is 2.36. The first-order valence-electron chi connectivity index (χ1n) is 6.11. The second-order valence-electron chi connectivity index (χ2n) is 4.05. The lowest BCUT2D eigenvalue weighted by atomic mass is 10.0. The van der Waals surface area contributed by atoms with Crippen molar-refractivity contribution in [2.75, 3.05) is 21.3 Å². The Balaban J connectivity index is 2.54. The molecule has 0 radical (unpaired) electrons. The first-order chi connectivity index (χ1) is 9.31. The molecule has 1 unspecified atom stereocenters. The molecule has 0 aliphatic heterocycles. The molecular weight excluding hydrogens is 240 g/mol. The Kier molecular flexibility index (Phi) is 4.36. The van der Waals surface area contributed by atoms with Gasteiger partial charge in [-0.05, 0) is 31.3 Å². The van der Waals surface area contributed by atoms with Gasteiger partial charge in [0.15, 0.2) is 0 Å². The number of nitrogens with one attached hydrogen (secondary N) is 1. The van der Waals surface area contributed by atoms with Crippen molar-refractivity contribution in [1.29, 1.82) is 0 Å². The third-order valence-electron chi connectivity index (χ3n) is 3.03. The molecule has 1 heterocycles. The van der Waals surface area contributed by atoms with Crippen LogP contribution in [0.2, 0.25) is 0 Å². The van der Waals surface area contributed by atoms with Crippen LogP contribution in [0.1, 0.15) is 17.3 Å². The number of ether oxygens (including phenoxy) is 2. The van der Waals surface area contributed by atoms with Gasteiger partial charge in [-0.3, -0.25) is 4.98 Å². The van der Waals surface area contributed by atoms with Crippen molar-refractivity contribution < 1.29 is 9.47 Å². The maximum atomic E-state index is 5.44. The highest BCUT2D eigenvalue weighted by molar-refractivity contribution is 5.49. The van der Waals surface area contributed by atoms with Gasteiger partial charge in [-0.15, -0.1) is 0 Å². The molecule has 1 aromatic heterocycles. The molecule has 0 amide bonds. The van der Waals surface area contributed by atoms with Crippen LogP contribution >= 0.6 is 0 Å². The van der Waals surface area contributed by atoms with E-state index >= 15 is 0 Å². The summed E-state index contributed by atoms with van der Waals surface area (Å²) in [6.07, 6.45) is 1.78. The first-order valence-corrected chi connectivity index (χ1v) is 6.11. The first kappa shape index (κ1) is 13.4. The van der Waals surface area contributed by atoms with E-state index in [2.05, 4.69) is 10.3 Å². The molecular formula is C15H18N2O2. The van der Waals surface area contributed by atoms with Crippen LogP contribution in [0.15, 0.2) is 42.6 Å². The third-order valence-corrected chi connectivity index (χ3v) is 3.03. The van der Waals surface area contributed by atoms with Gasteiger partial charge in [0.05, 0.1) is 31.5 Å². The number of nitrogens with zero attached hydrogens (tertiary/aromatic N) is 1. The predicted octanol–water partition coefficient (Wildman–Crippen LogP) is 2.41. The summed E-state index contributed by atoms with van der Waals surface area (Å²) in [5.41, 5.74) is 1.88. The molecule has 0 saturated heterocycles. The van der Waals surface area contributed by atoms with E-state index in [1.54, 1.807) is 20.4 Å². The van der Waals surface area contributed by atoms with E-state index in [0.29, 0.717) is 0 Å². The molecule has 0 bridgehead atoms. The lowest BCUT2D eigenvalue weighted by Gasteiger charge is -2.21. The zero-order valence-corrected chi connectivity index (χ0v) is 11.4. The Morgan fingerprint density at radius 2 is 1.68 bits per heavy atom. The van der Waals surface area contributed by atoms with Crippen molar-refractivity contribution in [3.8, 4) is 11.5 Å². The minimum absolute atomic E-state index is 0.0766. The summed E-state index contributed by atoms with van der Waals surface area (Å²) >= 11 is 0. The van der Waals surface area contributed by atoms with Crippen LogP contribution in [0.4, 0.5) is 0 Å². The SMILES string of the molecule is CNC(c1ccccn1)c1c(OC)cccc1OC. The highest BCUT2D eigenvalue weighted by Gasteiger charge is 2.21. The van der Waals surface area contributed by atoms with Crippen LogP contribution in [0, 0.1) is 0 Å². The fraction of sp³-hybridized carbons (Fsp3) is 0.267. The molecule has 0 aliphatic carbocycles. The van der Waals surface area contributed by atoms with E-state index < -0.39 is 0 Å². The largest absolute Gasteiger partial charge is 0.496 e. The number of pyridine rings is 1. The van der Waals surface area contributed by atoms with Crippen LogP contribution in [-0.2, 0) is 0 Å². The van der Waals surface area contributed by atoms with Gasteiger partial charge in [-0.25, -0.2) is 0 Å². The summed E-state index contributed by atoms with van der Waals surface area (Å²) in [7, 11) is 5.21. The summed E-state index contributed by atoms with van der Waals surface area (Å²) < 4.78 is 10.9. The molecule has 4 heteroatoms. The molecule has 0 aliphatic rings. The molecule has 1 N–H and O–H groups in total. The molecule has 1 atom stereocenters. The van der Waals surface area contributed by atoms with E-state index in [4.69, 9.17) is 9.47 Å². The number of benzene rings is 1. The smallest absolute Gasteiger partial charge is 0.127 e. The lowest BCUT2D eigenvalue weighted by Crippen LogP contribution is -2.20. The van der Waals surface area contributed by atoms with Gasteiger partial charge in [-0.1, -0.05) is 12.1 Å². The topological polar surface area (TPSA) is 43.4 Å². The summed E-state index contributed by atoms with van der Waals surface area (Å²) in [5.74, 6) is 1.56. The Bertz CT molecular complexity index is 507. The fourth-order valence-electron chi connectivity index (χ4n) is 2.15. The normalized spacial score (nSPS) is 11.9. The van der Waals surface area contributed by atoms with Gasteiger partial charge in [0.2, 0.25) is 0 Å². The van der Waals surface area contributed by atoms with Gasteiger partial charge < -0.3 is 14.8 Å². The minimum atomic E-state index is -0.0766. The molecule has 0 spiro atoms. The Morgan fingerprint density at radius 1 is 1.00 bits per heavy atom. The predicted molar refractivity (Wildman–Crippen MR) is 74.7 cm³/mol. The second-order valence-corrected chi connectivity index (χ2v) is 4.05. The number of methoxy groups -OCH3 is 2. The molecule has 19 heavy (non-hydrogen) atoms. The maximum Gasteiger partial charge on any atom is 0.127 e. The molecule has 2 rings (SSSR count). The van der Waals surface area contributed by atoms with E-state index in [9.17, 15) is 0 Å². The number of rotatable bonds is 5. The van der Waals surface area contributed by atoms with Gasteiger partial charge >= 0.3 is 0 Å². The van der Waals surface area contributed by atoms with E-state index in [0.717, 1.165) is 22.8 Å². The number of aromatic nitrogens is 1. The lowest BCUT2D eigenvalue weighted by molar-refractivity contribution is 0.378. The molecule has 1 aromatic carbocycles. The Morgan fingerprint density at radius 3 is 2.16 bits per heavy atom. The highest BCUT2D eigenvalue weighted by atomic mass is 16.5. The summed E-state index contributed by atoms with van der Waals surface area (Å²) in [4.78, 5) is 4.40. The van der Waals surface area contributed by atoms with Crippen molar-refractivity contribution in [3.05, 3.63) is 53.9 Å².